The van der Waals surface area contributed by atoms with Crippen molar-refractivity contribution in [3.05, 3.63) is 21.9 Å². The predicted molar refractivity (Wildman–Crippen MR) is 83.0 cm³/mol. The standard InChI is InChI=1S/C15H22N2O2S/c1-3-17(4-2)11-10-16-15(19)14-9-8-13(20-14)7-5-6-12-18/h8-9,18H,3-4,6,10-12H2,1-2H3,(H,16,19). The molecule has 0 spiro atoms. The molecule has 1 amide bonds. The Kier molecular flexibility index (Phi) is 7.97. The Morgan fingerprint density at radius 1 is 1.40 bits per heavy atom. The van der Waals surface area contributed by atoms with Crippen LogP contribution in [0.15, 0.2) is 12.1 Å². The topological polar surface area (TPSA) is 52.6 Å². The molecular weight excluding hydrogens is 272 g/mol. The van der Waals surface area contributed by atoms with Crippen molar-refractivity contribution in [2.24, 2.45) is 0 Å². The second-order valence-corrected chi connectivity index (χ2v) is 5.31. The second kappa shape index (κ2) is 9.54. The fourth-order valence-corrected chi connectivity index (χ4v) is 2.48. The molecule has 0 aliphatic rings. The predicted octanol–water partition coefficient (Wildman–Crippen LogP) is 1.55. The molecule has 1 heterocycles. The van der Waals surface area contributed by atoms with E-state index in [1.165, 1.54) is 11.3 Å². The smallest absolute Gasteiger partial charge is 0.261 e. The SMILES string of the molecule is CCN(CC)CCNC(=O)c1ccc(C#CCCO)s1. The van der Waals surface area contributed by atoms with Gasteiger partial charge in [0.25, 0.3) is 5.91 Å². The molecule has 4 nitrogen and oxygen atoms in total. The molecule has 0 bridgehead atoms. The summed E-state index contributed by atoms with van der Waals surface area (Å²) >= 11 is 1.38. The van der Waals surface area contributed by atoms with Crippen molar-refractivity contribution in [1.82, 2.24) is 10.2 Å². The summed E-state index contributed by atoms with van der Waals surface area (Å²) < 4.78 is 0. The summed E-state index contributed by atoms with van der Waals surface area (Å²) in [6, 6.07) is 3.63. The number of nitrogens with one attached hydrogen (secondary N) is 1. The first-order valence-corrected chi connectivity index (χ1v) is 7.73. The zero-order chi connectivity index (χ0) is 14.8. The summed E-state index contributed by atoms with van der Waals surface area (Å²) in [5.74, 6) is 5.74. The van der Waals surface area contributed by atoms with Crippen LogP contribution in [0.5, 0.6) is 0 Å². The highest BCUT2D eigenvalue weighted by Gasteiger charge is 2.08. The summed E-state index contributed by atoms with van der Waals surface area (Å²) in [7, 11) is 0. The lowest BCUT2D eigenvalue weighted by atomic mass is 10.4. The van der Waals surface area contributed by atoms with Crippen LogP contribution in [0, 0.1) is 11.8 Å². The summed E-state index contributed by atoms with van der Waals surface area (Å²) in [5, 5.41) is 11.6. The first kappa shape index (κ1) is 16.7. The highest BCUT2D eigenvalue weighted by Crippen LogP contribution is 2.15. The van der Waals surface area contributed by atoms with Crippen LogP contribution in [0.25, 0.3) is 0 Å². The largest absolute Gasteiger partial charge is 0.395 e. The van der Waals surface area contributed by atoms with Gasteiger partial charge in [0.15, 0.2) is 0 Å². The highest BCUT2D eigenvalue weighted by molar-refractivity contribution is 7.14. The fraction of sp³-hybridized carbons (Fsp3) is 0.533. The van der Waals surface area contributed by atoms with Crippen molar-refractivity contribution < 1.29 is 9.90 Å². The Balaban J connectivity index is 2.42. The number of hydrogen-bond acceptors (Lipinski definition) is 4. The third kappa shape index (κ3) is 5.74. The van der Waals surface area contributed by atoms with Gasteiger partial charge in [-0.2, -0.15) is 0 Å². The molecule has 0 unspecified atom stereocenters. The van der Waals surface area contributed by atoms with Crippen molar-refractivity contribution in [3.8, 4) is 11.8 Å². The van der Waals surface area contributed by atoms with Gasteiger partial charge in [0.05, 0.1) is 16.4 Å². The molecule has 5 heteroatoms. The van der Waals surface area contributed by atoms with Gasteiger partial charge in [-0.15, -0.1) is 11.3 Å². The quantitative estimate of drug-likeness (QED) is 0.750. The van der Waals surface area contributed by atoms with Crippen LogP contribution in [0.1, 0.15) is 34.8 Å². The minimum absolute atomic E-state index is 0.0441. The lowest BCUT2D eigenvalue weighted by Gasteiger charge is -2.17. The molecule has 1 aromatic heterocycles. The van der Waals surface area contributed by atoms with Gasteiger partial charge in [-0.3, -0.25) is 4.79 Å². The third-order valence-corrected chi connectivity index (χ3v) is 3.89. The van der Waals surface area contributed by atoms with E-state index in [0.29, 0.717) is 17.8 Å². The number of thiophene rings is 1. The van der Waals surface area contributed by atoms with E-state index in [1.807, 2.05) is 6.07 Å². The summed E-state index contributed by atoms with van der Waals surface area (Å²) in [6.07, 6.45) is 0.462. The number of aliphatic hydroxyl groups is 1. The van der Waals surface area contributed by atoms with E-state index in [1.54, 1.807) is 6.07 Å². The van der Waals surface area contributed by atoms with Crippen LogP contribution in [0.4, 0.5) is 0 Å². The lowest BCUT2D eigenvalue weighted by Crippen LogP contribution is -2.34. The normalized spacial score (nSPS) is 10.2. The van der Waals surface area contributed by atoms with Crippen molar-refractivity contribution in [3.63, 3.8) is 0 Å². The van der Waals surface area contributed by atoms with Gasteiger partial charge in [0.2, 0.25) is 0 Å². The summed E-state index contributed by atoms with van der Waals surface area (Å²) in [4.78, 5) is 15.7. The summed E-state index contributed by atoms with van der Waals surface area (Å²) in [5.41, 5.74) is 0. The Morgan fingerprint density at radius 2 is 2.15 bits per heavy atom. The Labute approximate surface area is 124 Å². The number of carbonyl (C=O) groups excluding carboxylic acids is 1. The van der Waals surface area contributed by atoms with Crippen LogP contribution < -0.4 is 5.32 Å². The molecule has 110 valence electrons. The van der Waals surface area contributed by atoms with E-state index in [-0.39, 0.29) is 12.5 Å². The maximum absolute atomic E-state index is 11.9. The Bertz CT molecular complexity index is 470. The molecule has 0 aliphatic carbocycles. The van der Waals surface area contributed by atoms with Crippen molar-refractivity contribution in [1.29, 1.82) is 0 Å². The molecule has 20 heavy (non-hydrogen) atoms. The van der Waals surface area contributed by atoms with E-state index < -0.39 is 0 Å². The second-order valence-electron chi connectivity index (χ2n) is 4.22. The van der Waals surface area contributed by atoms with Crippen LogP contribution in [-0.2, 0) is 0 Å². The van der Waals surface area contributed by atoms with Gasteiger partial charge in [-0.1, -0.05) is 25.7 Å². The van der Waals surface area contributed by atoms with Crippen LogP contribution in [0.2, 0.25) is 0 Å². The van der Waals surface area contributed by atoms with Gasteiger partial charge >= 0.3 is 0 Å². The number of rotatable bonds is 7. The Hall–Kier alpha value is -1.35. The van der Waals surface area contributed by atoms with E-state index in [4.69, 9.17) is 5.11 Å². The van der Waals surface area contributed by atoms with Crippen molar-refractivity contribution in [2.75, 3.05) is 32.8 Å². The summed E-state index contributed by atoms with van der Waals surface area (Å²) in [6.45, 7) is 7.81. The highest BCUT2D eigenvalue weighted by atomic mass is 32.1. The van der Waals surface area contributed by atoms with Gasteiger partial charge in [0.1, 0.15) is 0 Å². The van der Waals surface area contributed by atoms with E-state index >= 15 is 0 Å². The van der Waals surface area contributed by atoms with Gasteiger partial charge in [0, 0.05) is 19.5 Å². The first-order chi connectivity index (χ1) is 9.71. The van der Waals surface area contributed by atoms with Crippen molar-refractivity contribution in [2.45, 2.75) is 20.3 Å². The minimum Gasteiger partial charge on any atom is -0.395 e. The molecule has 0 saturated carbocycles. The number of hydrogen-bond donors (Lipinski definition) is 2. The monoisotopic (exact) mass is 294 g/mol. The molecule has 0 saturated heterocycles. The van der Waals surface area contributed by atoms with Gasteiger partial charge in [-0.25, -0.2) is 0 Å². The van der Waals surface area contributed by atoms with Crippen LogP contribution in [-0.4, -0.2) is 48.7 Å². The zero-order valence-electron chi connectivity index (χ0n) is 12.1. The number of aliphatic hydroxyl groups excluding tert-OH is 1. The molecule has 0 fully saturated rings. The number of amides is 1. The van der Waals surface area contributed by atoms with E-state index in [9.17, 15) is 4.79 Å². The zero-order valence-corrected chi connectivity index (χ0v) is 12.9. The number of nitrogens with zero attached hydrogens (tertiary/aromatic N) is 1. The average molecular weight is 294 g/mol. The molecule has 0 atom stereocenters. The molecule has 1 rings (SSSR count). The lowest BCUT2D eigenvalue weighted by molar-refractivity contribution is 0.0953. The molecule has 0 aromatic carbocycles. The fourth-order valence-electron chi connectivity index (χ4n) is 1.69. The average Bonchev–Trinajstić information content (AvgIpc) is 2.93. The van der Waals surface area contributed by atoms with E-state index in [2.05, 4.69) is 35.9 Å². The van der Waals surface area contributed by atoms with Crippen molar-refractivity contribution >= 4 is 17.2 Å². The first-order valence-electron chi connectivity index (χ1n) is 6.91. The number of likely N-dealkylation sites (N-methyl/N-ethyl adjacent to an activating group) is 1. The van der Waals surface area contributed by atoms with Gasteiger partial charge < -0.3 is 15.3 Å². The molecule has 0 radical (unpaired) electrons. The molecule has 2 N–H and O–H groups in total. The maximum Gasteiger partial charge on any atom is 0.261 e. The molecule has 1 aromatic rings. The molecular formula is C15H22N2O2S. The van der Waals surface area contributed by atoms with Crippen LogP contribution in [0.3, 0.4) is 0 Å². The minimum atomic E-state index is -0.0441. The molecule has 0 aliphatic heterocycles. The maximum atomic E-state index is 11.9. The third-order valence-electron chi connectivity index (χ3n) is 2.89. The Morgan fingerprint density at radius 3 is 2.80 bits per heavy atom. The van der Waals surface area contributed by atoms with Gasteiger partial charge in [-0.05, 0) is 25.2 Å². The number of carbonyl (C=O) groups is 1. The van der Waals surface area contributed by atoms with E-state index in [0.717, 1.165) is 24.5 Å². The van der Waals surface area contributed by atoms with Crippen LogP contribution >= 0.6 is 11.3 Å².